The quantitative estimate of drug-likeness (QED) is 0.556. The summed E-state index contributed by atoms with van der Waals surface area (Å²) in [6.45, 7) is 6.57. The number of hydrogen-bond acceptors (Lipinski definition) is 1. The van der Waals surface area contributed by atoms with E-state index in [1.165, 1.54) is 28.7 Å². The molecule has 0 aliphatic carbocycles. The van der Waals surface area contributed by atoms with Crippen molar-refractivity contribution in [3.63, 3.8) is 0 Å². The van der Waals surface area contributed by atoms with Crippen LogP contribution in [0.4, 0.5) is 0 Å². The molecule has 1 aromatic heterocycles. The number of nitrogens with zero attached hydrogens (tertiary/aromatic N) is 1. The van der Waals surface area contributed by atoms with Gasteiger partial charge in [-0.05, 0) is 53.6 Å². The van der Waals surface area contributed by atoms with Crippen LogP contribution in [-0.4, -0.2) is 4.98 Å². The van der Waals surface area contributed by atoms with Gasteiger partial charge in [0.25, 0.3) is 0 Å². The van der Waals surface area contributed by atoms with Gasteiger partial charge in [-0.3, -0.25) is 4.98 Å². The molecule has 0 saturated carbocycles. The van der Waals surface area contributed by atoms with Gasteiger partial charge in [0.05, 0.1) is 5.69 Å². The lowest BCUT2D eigenvalue weighted by molar-refractivity contribution is 0.734. The Kier molecular flexibility index (Phi) is 4.57. The van der Waals surface area contributed by atoms with Gasteiger partial charge in [-0.25, -0.2) is 0 Å². The van der Waals surface area contributed by atoms with Crippen LogP contribution in [0.3, 0.4) is 0 Å². The van der Waals surface area contributed by atoms with Crippen LogP contribution in [0.25, 0.3) is 22.4 Å². The third-order valence-electron chi connectivity index (χ3n) is 4.50. The highest BCUT2D eigenvalue weighted by atomic mass is 14.7. The smallest absolute Gasteiger partial charge is 0.0702 e. The Hall–Kier alpha value is -2.41. The van der Waals surface area contributed by atoms with Crippen molar-refractivity contribution in [2.24, 2.45) is 0 Å². The van der Waals surface area contributed by atoms with Crippen molar-refractivity contribution < 1.29 is 0 Å². The van der Waals surface area contributed by atoms with E-state index in [-0.39, 0.29) is 0 Å². The normalized spacial score (nSPS) is 12.1. The van der Waals surface area contributed by atoms with Crippen molar-refractivity contribution in [1.29, 1.82) is 0 Å². The highest BCUT2D eigenvalue weighted by Crippen LogP contribution is 2.27. The largest absolute Gasteiger partial charge is 0.256 e. The van der Waals surface area contributed by atoms with Crippen LogP contribution in [0.1, 0.15) is 37.3 Å². The molecule has 0 radical (unpaired) electrons. The first kappa shape index (κ1) is 15.5. The summed E-state index contributed by atoms with van der Waals surface area (Å²) in [6, 6.07) is 21.7. The number of aromatic nitrogens is 1. The third-order valence-corrected chi connectivity index (χ3v) is 4.50. The van der Waals surface area contributed by atoms with E-state index in [0.29, 0.717) is 5.92 Å². The van der Waals surface area contributed by atoms with Crippen LogP contribution < -0.4 is 0 Å². The fourth-order valence-corrected chi connectivity index (χ4v) is 2.74. The Morgan fingerprint density at radius 1 is 0.870 bits per heavy atom. The molecule has 0 aliphatic rings. The molecular formula is C22H23N. The van der Waals surface area contributed by atoms with E-state index in [4.69, 9.17) is 0 Å². The first-order chi connectivity index (χ1) is 11.2. The fraction of sp³-hybridized carbons (Fsp3) is 0.227. The zero-order chi connectivity index (χ0) is 16.2. The molecule has 1 nitrogen and oxygen atoms in total. The minimum Gasteiger partial charge on any atom is -0.256 e. The van der Waals surface area contributed by atoms with Gasteiger partial charge in [-0.1, -0.05) is 62.4 Å². The van der Waals surface area contributed by atoms with E-state index in [0.717, 1.165) is 11.3 Å². The second kappa shape index (κ2) is 6.78. The second-order valence-corrected chi connectivity index (χ2v) is 6.23. The summed E-state index contributed by atoms with van der Waals surface area (Å²) in [5, 5.41) is 0. The van der Waals surface area contributed by atoms with E-state index in [1.807, 2.05) is 6.20 Å². The number of hydrogen-bond donors (Lipinski definition) is 0. The minimum atomic E-state index is 0.618. The maximum absolute atomic E-state index is 4.53. The van der Waals surface area contributed by atoms with Gasteiger partial charge in [0, 0.05) is 11.8 Å². The molecule has 3 rings (SSSR count). The lowest BCUT2D eigenvalue weighted by Gasteiger charge is -2.10. The molecule has 0 aliphatic heterocycles. The van der Waals surface area contributed by atoms with Gasteiger partial charge in [-0.15, -0.1) is 0 Å². The highest BCUT2D eigenvalue weighted by molar-refractivity contribution is 5.71. The lowest BCUT2D eigenvalue weighted by Crippen LogP contribution is -1.91. The van der Waals surface area contributed by atoms with Gasteiger partial charge < -0.3 is 0 Å². The second-order valence-electron chi connectivity index (χ2n) is 6.23. The number of pyridine rings is 1. The Bertz CT molecular complexity index is 770. The van der Waals surface area contributed by atoms with Crippen LogP contribution in [0.2, 0.25) is 0 Å². The predicted molar refractivity (Wildman–Crippen MR) is 98.6 cm³/mol. The molecule has 0 fully saturated rings. The first-order valence-electron chi connectivity index (χ1n) is 8.31. The zero-order valence-electron chi connectivity index (χ0n) is 14.1. The van der Waals surface area contributed by atoms with Crippen molar-refractivity contribution in [3.8, 4) is 22.4 Å². The molecule has 1 heteroatoms. The van der Waals surface area contributed by atoms with E-state index < -0.39 is 0 Å². The molecule has 2 aromatic carbocycles. The summed E-state index contributed by atoms with van der Waals surface area (Å²) >= 11 is 0. The predicted octanol–water partition coefficient (Wildman–Crippen LogP) is 6.24. The molecule has 0 N–H and O–H groups in total. The lowest BCUT2D eigenvalue weighted by atomic mass is 9.95. The van der Waals surface area contributed by atoms with Crippen LogP contribution in [-0.2, 0) is 0 Å². The summed E-state index contributed by atoms with van der Waals surface area (Å²) in [5.41, 5.74) is 7.27. The Labute approximate surface area is 139 Å². The summed E-state index contributed by atoms with van der Waals surface area (Å²) in [5.74, 6) is 0.618. The van der Waals surface area contributed by atoms with Crippen molar-refractivity contribution >= 4 is 0 Å². The van der Waals surface area contributed by atoms with Crippen LogP contribution >= 0.6 is 0 Å². The number of aryl methyl sites for hydroxylation is 1. The van der Waals surface area contributed by atoms with Crippen molar-refractivity contribution in [2.75, 3.05) is 0 Å². The molecule has 116 valence electrons. The van der Waals surface area contributed by atoms with E-state index >= 15 is 0 Å². The van der Waals surface area contributed by atoms with Crippen LogP contribution in [0.5, 0.6) is 0 Å². The van der Waals surface area contributed by atoms with Crippen molar-refractivity contribution in [3.05, 3.63) is 78.0 Å². The molecule has 0 spiro atoms. The summed E-state index contributed by atoms with van der Waals surface area (Å²) in [7, 11) is 0. The summed E-state index contributed by atoms with van der Waals surface area (Å²) < 4.78 is 0. The number of benzene rings is 2. The van der Waals surface area contributed by atoms with E-state index in [2.05, 4.69) is 86.4 Å². The molecular weight excluding hydrogens is 278 g/mol. The molecule has 1 unspecified atom stereocenters. The molecule has 1 atom stereocenters. The zero-order valence-corrected chi connectivity index (χ0v) is 14.1. The third kappa shape index (κ3) is 3.50. The van der Waals surface area contributed by atoms with Crippen LogP contribution in [0.15, 0.2) is 66.9 Å². The summed E-state index contributed by atoms with van der Waals surface area (Å²) in [6.07, 6.45) is 3.09. The maximum atomic E-state index is 4.53. The molecule has 3 aromatic rings. The van der Waals surface area contributed by atoms with Gasteiger partial charge >= 0.3 is 0 Å². The Morgan fingerprint density at radius 3 is 2.26 bits per heavy atom. The monoisotopic (exact) mass is 301 g/mol. The molecule has 23 heavy (non-hydrogen) atoms. The maximum Gasteiger partial charge on any atom is 0.0702 e. The van der Waals surface area contributed by atoms with E-state index in [1.54, 1.807) is 0 Å². The van der Waals surface area contributed by atoms with E-state index in [9.17, 15) is 0 Å². The minimum absolute atomic E-state index is 0.618. The molecule has 0 bridgehead atoms. The Morgan fingerprint density at radius 2 is 1.61 bits per heavy atom. The molecule has 0 saturated heterocycles. The summed E-state index contributed by atoms with van der Waals surface area (Å²) in [4.78, 5) is 4.53. The van der Waals surface area contributed by atoms with Crippen molar-refractivity contribution in [2.45, 2.75) is 33.1 Å². The average molecular weight is 301 g/mol. The number of rotatable bonds is 4. The SMILES string of the molecule is CCC(C)c1ccc(-c2cccc(-c3ccc(C)cn3)c2)cc1. The van der Waals surface area contributed by atoms with Gasteiger partial charge in [0.1, 0.15) is 0 Å². The van der Waals surface area contributed by atoms with Gasteiger partial charge in [-0.2, -0.15) is 0 Å². The molecule has 0 amide bonds. The first-order valence-corrected chi connectivity index (χ1v) is 8.31. The average Bonchev–Trinajstić information content (AvgIpc) is 2.62. The molecule has 1 heterocycles. The topological polar surface area (TPSA) is 12.9 Å². The standard InChI is InChI=1S/C22H23N/c1-4-17(3)18-9-11-19(12-10-18)20-6-5-7-21(14-20)22-13-8-16(2)15-23-22/h5-15,17H,4H2,1-3H3. The van der Waals surface area contributed by atoms with Gasteiger partial charge in [0.2, 0.25) is 0 Å². The Balaban J connectivity index is 1.92. The fourth-order valence-electron chi connectivity index (χ4n) is 2.74. The van der Waals surface area contributed by atoms with Crippen LogP contribution in [0, 0.1) is 6.92 Å². The van der Waals surface area contributed by atoms with Gasteiger partial charge in [0.15, 0.2) is 0 Å². The highest BCUT2D eigenvalue weighted by Gasteiger charge is 2.05. The van der Waals surface area contributed by atoms with Crippen molar-refractivity contribution in [1.82, 2.24) is 4.98 Å².